The largest absolute Gasteiger partial charge is 0.324 e. The van der Waals surface area contributed by atoms with E-state index in [0.29, 0.717) is 5.02 Å². The first kappa shape index (κ1) is 13.6. The van der Waals surface area contributed by atoms with Gasteiger partial charge in [0.05, 0.1) is 10.7 Å². The van der Waals surface area contributed by atoms with Gasteiger partial charge in [-0.3, -0.25) is 4.68 Å². The van der Waals surface area contributed by atoms with E-state index >= 15 is 0 Å². The number of nitrogens with two attached hydrogens (primary N) is 1. The van der Waals surface area contributed by atoms with E-state index in [1.54, 1.807) is 0 Å². The molecule has 1 atom stereocenters. The van der Waals surface area contributed by atoms with Crippen molar-refractivity contribution >= 4 is 27.5 Å². The van der Waals surface area contributed by atoms with E-state index < -0.39 is 0 Å². The summed E-state index contributed by atoms with van der Waals surface area (Å²) in [5.41, 5.74) is 9.37. The van der Waals surface area contributed by atoms with E-state index in [1.165, 1.54) is 0 Å². The van der Waals surface area contributed by atoms with Crippen LogP contribution in [-0.2, 0) is 13.5 Å². The zero-order chi connectivity index (χ0) is 13.3. The maximum atomic E-state index is 6.21. The molecule has 1 aromatic carbocycles. The zero-order valence-corrected chi connectivity index (χ0v) is 12.7. The molecular weight excluding hydrogens is 314 g/mol. The van der Waals surface area contributed by atoms with Gasteiger partial charge in [0.25, 0.3) is 0 Å². The average molecular weight is 329 g/mol. The molecule has 0 bridgehead atoms. The van der Waals surface area contributed by atoms with E-state index in [2.05, 4.69) is 27.1 Å². The number of aromatic nitrogens is 2. The minimum Gasteiger partial charge on any atom is -0.324 e. The molecule has 0 saturated carbocycles. The predicted molar refractivity (Wildman–Crippen MR) is 77.7 cm³/mol. The van der Waals surface area contributed by atoms with Crippen molar-refractivity contribution in [1.82, 2.24) is 9.78 Å². The van der Waals surface area contributed by atoms with E-state index in [0.717, 1.165) is 27.8 Å². The van der Waals surface area contributed by atoms with Crippen LogP contribution in [-0.4, -0.2) is 9.78 Å². The highest BCUT2D eigenvalue weighted by atomic mass is 79.9. The number of hydrogen-bond acceptors (Lipinski definition) is 2. The van der Waals surface area contributed by atoms with Crippen molar-refractivity contribution < 1.29 is 0 Å². The summed E-state index contributed by atoms with van der Waals surface area (Å²) in [5.74, 6) is 0. The molecule has 0 radical (unpaired) electrons. The lowest BCUT2D eigenvalue weighted by Gasteiger charge is -2.13. The number of hydrogen-bond donors (Lipinski definition) is 1. The summed E-state index contributed by atoms with van der Waals surface area (Å²) >= 11 is 9.45. The summed E-state index contributed by atoms with van der Waals surface area (Å²) in [5, 5.41) is 5.00. The predicted octanol–water partition coefficient (Wildman–Crippen LogP) is 3.39. The summed E-state index contributed by atoms with van der Waals surface area (Å²) in [6.45, 7) is 1.98. The Bertz CT molecular complexity index is 565. The fourth-order valence-electron chi connectivity index (χ4n) is 1.94. The minimum atomic E-state index is -0.0783. The van der Waals surface area contributed by atoms with Crippen LogP contribution in [0.2, 0.25) is 5.02 Å². The van der Waals surface area contributed by atoms with E-state index in [4.69, 9.17) is 17.3 Å². The molecule has 3 nitrogen and oxygen atoms in total. The molecule has 1 heterocycles. The van der Waals surface area contributed by atoms with Gasteiger partial charge in [0, 0.05) is 29.7 Å². The summed E-state index contributed by atoms with van der Waals surface area (Å²) in [6.07, 6.45) is 0.745. The van der Waals surface area contributed by atoms with Gasteiger partial charge in [0.1, 0.15) is 0 Å². The fourth-order valence-corrected chi connectivity index (χ4v) is 2.38. The number of nitrogens with zero attached hydrogens (tertiary/aromatic N) is 2. The molecule has 0 spiro atoms. The maximum Gasteiger partial charge on any atom is 0.0596 e. The van der Waals surface area contributed by atoms with Crippen molar-refractivity contribution in [2.75, 3.05) is 0 Å². The Labute approximate surface area is 120 Å². The van der Waals surface area contributed by atoms with Gasteiger partial charge in [-0.1, -0.05) is 17.7 Å². The second-order valence-corrected chi connectivity index (χ2v) is 5.65. The molecule has 2 rings (SSSR count). The van der Waals surface area contributed by atoms with Gasteiger partial charge in [0.15, 0.2) is 0 Å². The lowest BCUT2D eigenvalue weighted by atomic mass is 10.0. The Balaban J connectivity index is 2.19. The molecule has 1 unspecified atom stereocenters. The molecule has 1 aromatic heterocycles. The lowest BCUT2D eigenvalue weighted by Crippen LogP contribution is -2.15. The third-order valence-electron chi connectivity index (χ3n) is 2.90. The van der Waals surface area contributed by atoms with Crippen LogP contribution in [0.5, 0.6) is 0 Å². The molecule has 18 heavy (non-hydrogen) atoms. The fraction of sp³-hybridized carbons (Fsp3) is 0.308. The van der Waals surface area contributed by atoms with Crippen LogP contribution in [0, 0.1) is 6.92 Å². The van der Waals surface area contributed by atoms with Crippen LogP contribution >= 0.6 is 27.5 Å². The Kier molecular flexibility index (Phi) is 4.10. The SMILES string of the molecule is Cc1cc(CC(N)c2ccc(Br)c(Cl)c2)n(C)n1. The highest BCUT2D eigenvalue weighted by Crippen LogP contribution is 2.26. The quantitative estimate of drug-likeness (QED) is 0.938. The Morgan fingerprint density at radius 1 is 1.44 bits per heavy atom. The van der Waals surface area contributed by atoms with Crippen molar-refractivity contribution in [1.29, 1.82) is 0 Å². The molecule has 5 heteroatoms. The lowest BCUT2D eigenvalue weighted by molar-refractivity contribution is 0.640. The first-order valence-corrected chi connectivity index (χ1v) is 6.84. The second kappa shape index (κ2) is 5.43. The van der Waals surface area contributed by atoms with Crippen molar-refractivity contribution in [3.05, 3.63) is 50.7 Å². The maximum absolute atomic E-state index is 6.21. The molecule has 2 N–H and O–H groups in total. The number of benzene rings is 1. The van der Waals surface area contributed by atoms with E-state index in [-0.39, 0.29) is 6.04 Å². The Morgan fingerprint density at radius 3 is 2.72 bits per heavy atom. The van der Waals surface area contributed by atoms with Gasteiger partial charge in [-0.05, 0) is 46.6 Å². The van der Waals surface area contributed by atoms with Crippen molar-refractivity contribution in [3.63, 3.8) is 0 Å². The van der Waals surface area contributed by atoms with Crippen molar-refractivity contribution in [2.45, 2.75) is 19.4 Å². The molecule has 96 valence electrons. The third kappa shape index (κ3) is 2.94. The first-order chi connectivity index (χ1) is 8.47. The standard InChI is InChI=1S/C13H15BrClN3/c1-8-5-10(18(2)17-8)7-13(16)9-3-4-11(14)12(15)6-9/h3-6,13H,7,16H2,1-2H3. The van der Waals surface area contributed by atoms with Gasteiger partial charge in [0.2, 0.25) is 0 Å². The highest BCUT2D eigenvalue weighted by Gasteiger charge is 2.11. The number of halogens is 2. The van der Waals surface area contributed by atoms with Crippen molar-refractivity contribution in [2.24, 2.45) is 12.8 Å². The zero-order valence-electron chi connectivity index (χ0n) is 10.3. The van der Waals surface area contributed by atoms with Crippen LogP contribution in [0.15, 0.2) is 28.7 Å². The third-order valence-corrected chi connectivity index (χ3v) is 4.13. The topological polar surface area (TPSA) is 43.8 Å². The summed E-state index contributed by atoms with van der Waals surface area (Å²) in [7, 11) is 1.93. The summed E-state index contributed by atoms with van der Waals surface area (Å²) < 4.78 is 2.76. The molecular formula is C13H15BrClN3. The molecule has 0 aliphatic carbocycles. The molecule has 0 saturated heterocycles. The molecule has 0 amide bonds. The molecule has 0 aliphatic rings. The van der Waals surface area contributed by atoms with Crippen LogP contribution in [0.25, 0.3) is 0 Å². The van der Waals surface area contributed by atoms with Gasteiger partial charge < -0.3 is 5.73 Å². The van der Waals surface area contributed by atoms with E-state index in [1.807, 2.05) is 36.9 Å². The number of rotatable bonds is 3. The smallest absolute Gasteiger partial charge is 0.0596 e. The average Bonchev–Trinajstić information content (AvgIpc) is 2.61. The van der Waals surface area contributed by atoms with Crippen LogP contribution in [0.1, 0.15) is 23.0 Å². The Hall–Kier alpha value is -0.840. The number of aryl methyl sites for hydroxylation is 2. The van der Waals surface area contributed by atoms with Gasteiger partial charge in [-0.15, -0.1) is 0 Å². The Morgan fingerprint density at radius 2 is 2.17 bits per heavy atom. The second-order valence-electron chi connectivity index (χ2n) is 4.38. The first-order valence-electron chi connectivity index (χ1n) is 5.67. The molecule has 0 aliphatic heterocycles. The molecule has 0 fully saturated rings. The summed E-state index contributed by atoms with van der Waals surface area (Å²) in [6, 6.07) is 7.79. The van der Waals surface area contributed by atoms with E-state index in [9.17, 15) is 0 Å². The minimum absolute atomic E-state index is 0.0783. The molecule has 2 aromatic rings. The van der Waals surface area contributed by atoms with Gasteiger partial charge in [-0.25, -0.2) is 0 Å². The van der Waals surface area contributed by atoms with Gasteiger partial charge in [-0.2, -0.15) is 5.10 Å². The van der Waals surface area contributed by atoms with Crippen LogP contribution < -0.4 is 5.73 Å². The van der Waals surface area contributed by atoms with Crippen LogP contribution in [0.3, 0.4) is 0 Å². The van der Waals surface area contributed by atoms with Gasteiger partial charge >= 0.3 is 0 Å². The van der Waals surface area contributed by atoms with Crippen LogP contribution in [0.4, 0.5) is 0 Å². The van der Waals surface area contributed by atoms with Crippen molar-refractivity contribution in [3.8, 4) is 0 Å². The summed E-state index contributed by atoms with van der Waals surface area (Å²) in [4.78, 5) is 0. The highest BCUT2D eigenvalue weighted by molar-refractivity contribution is 9.10. The normalized spacial score (nSPS) is 12.7. The monoisotopic (exact) mass is 327 g/mol.